The van der Waals surface area contributed by atoms with E-state index in [9.17, 15) is 13.2 Å². The van der Waals surface area contributed by atoms with Crippen molar-refractivity contribution in [1.82, 2.24) is 4.90 Å². The summed E-state index contributed by atoms with van der Waals surface area (Å²) in [6, 6.07) is 2.78. The summed E-state index contributed by atoms with van der Waals surface area (Å²) < 4.78 is 27.9. The third-order valence-electron chi connectivity index (χ3n) is 3.11. The molecule has 9 heteroatoms. The molecule has 0 unspecified atom stereocenters. The van der Waals surface area contributed by atoms with Crippen molar-refractivity contribution in [1.29, 1.82) is 0 Å². The van der Waals surface area contributed by atoms with E-state index in [1.54, 1.807) is 11.9 Å². The number of halogens is 3. The summed E-state index contributed by atoms with van der Waals surface area (Å²) in [6.45, 7) is -0.198. The molecule has 0 N–H and O–H groups in total. The lowest BCUT2D eigenvalue weighted by atomic mass is 10.3. The third-order valence-corrected chi connectivity index (χ3v) is 5.45. The monoisotopic (exact) mass is 371 g/mol. The molecular weight excluding hydrogens is 361 g/mol. The molecule has 0 radical (unpaired) electrons. The van der Waals surface area contributed by atoms with Crippen LogP contribution in [0.4, 0.5) is 0 Å². The molecule has 5 nitrogen and oxygen atoms in total. The van der Waals surface area contributed by atoms with E-state index in [1.807, 2.05) is 0 Å². The Labute approximate surface area is 137 Å². The second-order valence-electron chi connectivity index (χ2n) is 4.65. The third kappa shape index (κ3) is 3.94. The molecule has 1 aromatic rings. The summed E-state index contributed by atoms with van der Waals surface area (Å²) in [5.74, 6) is -0.0537. The summed E-state index contributed by atoms with van der Waals surface area (Å²) in [4.78, 5) is 13.1. The Morgan fingerprint density at radius 2 is 1.95 bits per heavy atom. The quantitative estimate of drug-likeness (QED) is 0.746. The largest absolute Gasteiger partial charge is 0.482 e. The molecule has 1 aliphatic carbocycles. The number of amides is 1. The lowest BCUT2D eigenvalue weighted by Gasteiger charge is -2.17. The number of ether oxygens (including phenoxy) is 1. The van der Waals surface area contributed by atoms with Gasteiger partial charge in [-0.2, -0.15) is 0 Å². The Hall–Kier alpha value is -0.690. The maximum Gasteiger partial charge on any atom is 0.262 e. The number of rotatable bonds is 5. The normalized spacial score (nSPS) is 14.9. The molecule has 0 spiro atoms. The highest BCUT2D eigenvalue weighted by Crippen LogP contribution is 2.38. The smallest absolute Gasteiger partial charge is 0.262 e. The first-order valence-electron chi connectivity index (χ1n) is 6.03. The SMILES string of the molecule is CN(C(=O)COc1ccc(S(=O)(=O)Cl)c(Cl)c1Cl)C1CC1. The standard InChI is InChI=1S/C12H12Cl3NO4S/c1-16(7-2-3-7)10(17)6-20-8-4-5-9(21(15,18)19)12(14)11(8)13/h4-5,7H,2-3,6H2,1H3. The van der Waals surface area contributed by atoms with Crippen LogP contribution in [0.3, 0.4) is 0 Å². The van der Waals surface area contributed by atoms with Gasteiger partial charge in [-0.1, -0.05) is 23.2 Å². The van der Waals surface area contributed by atoms with Gasteiger partial charge in [0.25, 0.3) is 15.0 Å². The molecule has 0 heterocycles. The zero-order valence-electron chi connectivity index (χ0n) is 11.0. The first-order chi connectivity index (χ1) is 9.71. The van der Waals surface area contributed by atoms with E-state index in [4.69, 9.17) is 38.6 Å². The van der Waals surface area contributed by atoms with E-state index in [0.29, 0.717) is 0 Å². The van der Waals surface area contributed by atoms with Crippen LogP contribution in [0, 0.1) is 0 Å². The summed E-state index contributed by atoms with van der Waals surface area (Å²) in [7, 11) is 2.94. The van der Waals surface area contributed by atoms with Crippen LogP contribution in [0.25, 0.3) is 0 Å². The fourth-order valence-corrected chi connectivity index (χ4v) is 3.51. The molecule has 0 saturated heterocycles. The molecule has 116 valence electrons. The van der Waals surface area contributed by atoms with Gasteiger partial charge in [0.15, 0.2) is 6.61 Å². The van der Waals surface area contributed by atoms with Gasteiger partial charge >= 0.3 is 0 Å². The number of carbonyl (C=O) groups excluding carboxylic acids is 1. The van der Waals surface area contributed by atoms with E-state index in [0.717, 1.165) is 12.8 Å². The van der Waals surface area contributed by atoms with Gasteiger partial charge in [-0.25, -0.2) is 8.42 Å². The molecule has 21 heavy (non-hydrogen) atoms. The maximum atomic E-state index is 11.8. The van der Waals surface area contributed by atoms with Gasteiger partial charge in [-0.15, -0.1) is 0 Å². The first kappa shape index (κ1) is 16.7. The van der Waals surface area contributed by atoms with Crippen molar-refractivity contribution >= 4 is 48.8 Å². The van der Waals surface area contributed by atoms with Gasteiger partial charge in [-0.3, -0.25) is 4.79 Å². The van der Waals surface area contributed by atoms with E-state index in [2.05, 4.69) is 0 Å². The van der Waals surface area contributed by atoms with Crippen molar-refractivity contribution in [2.75, 3.05) is 13.7 Å². The number of nitrogens with zero attached hydrogens (tertiary/aromatic N) is 1. The van der Waals surface area contributed by atoms with E-state index >= 15 is 0 Å². The zero-order chi connectivity index (χ0) is 15.8. The van der Waals surface area contributed by atoms with Crippen LogP contribution in [-0.2, 0) is 13.8 Å². The highest BCUT2D eigenvalue weighted by atomic mass is 35.7. The average molecular weight is 373 g/mol. The maximum absolute atomic E-state index is 11.8. The Morgan fingerprint density at radius 3 is 2.48 bits per heavy atom. The summed E-state index contributed by atoms with van der Waals surface area (Å²) >= 11 is 11.8. The van der Waals surface area contributed by atoms with Crippen LogP contribution < -0.4 is 4.74 Å². The van der Waals surface area contributed by atoms with Crippen LogP contribution in [-0.4, -0.2) is 38.9 Å². The van der Waals surface area contributed by atoms with Crippen molar-refractivity contribution < 1.29 is 17.9 Å². The van der Waals surface area contributed by atoms with Crippen molar-refractivity contribution in [3.8, 4) is 5.75 Å². The van der Waals surface area contributed by atoms with E-state index < -0.39 is 9.05 Å². The predicted molar refractivity (Wildman–Crippen MR) is 80.8 cm³/mol. The van der Waals surface area contributed by atoms with E-state index in [1.165, 1.54) is 12.1 Å². The number of likely N-dealkylation sites (N-methyl/N-ethyl adjacent to an activating group) is 1. The molecule has 0 bridgehead atoms. The molecule has 0 atom stereocenters. The van der Waals surface area contributed by atoms with Crippen LogP contribution in [0.5, 0.6) is 5.75 Å². The van der Waals surface area contributed by atoms with Gasteiger partial charge in [0.1, 0.15) is 15.7 Å². The lowest BCUT2D eigenvalue weighted by molar-refractivity contribution is -0.132. The molecule has 1 aliphatic rings. The van der Waals surface area contributed by atoms with Crippen LogP contribution in [0.1, 0.15) is 12.8 Å². The fourth-order valence-electron chi connectivity index (χ4n) is 1.72. The Balaban J connectivity index is 2.11. The van der Waals surface area contributed by atoms with Crippen LogP contribution in [0.15, 0.2) is 17.0 Å². The molecule has 0 aliphatic heterocycles. The second kappa shape index (κ2) is 6.20. The minimum atomic E-state index is -4.00. The minimum Gasteiger partial charge on any atom is -0.482 e. The minimum absolute atomic E-state index is 0.0970. The van der Waals surface area contributed by atoms with Crippen molar-refractivity contribution in [3.63, 3.8) is 0 Å². The highest BCUT2D eigenvalue weighted by Gasteiger charge is 2.29. The van der Waals surface area contributed by atoms with Gasteiger partial charge in [0.05, 0.1) is 5.02 Å². The van der Waals surface area contributed by atoms with Gasteiger partial charge < -0.3 is 9.64 Å². The van der Waals surface area contributed by atoms with Crippen molar-refractivity contribution in [2.45, 2.75) is 23.8 Å². The van der Waals surface area contributed by atoms with Gasteiger partial charge in [-0.05, 0) is 25.0 Å². The molecular formula is C12H12Cl3NO4S. The average Bonchev–Trinajstić information content (AvgIpc) is 3.22. The summed E-state index contributed by atoms with van der Waals surface area (Å²) in [5.41, 5.74) is 0. The predicted octanol–water partition coefficient (Wildman–Crippen LogP) is 2.92. The summed E-state index contributed by atoms with van der Waals surface area (Å²) in [5, 5.41) is -0.326. The van der Waals surface area contributed by atoms with Crippen LogP contribution >= 0.6 is 33.9 Å². The lowest BCUT2D eigenvalue weighted by Crippen LogP contribution is -2.33. The molecule has 0 aromatic heterocycles. The number of hydrogen-bond donors (Lipinski definition) is 0. The Kier molecular flexibility index (Phi) is 4.92. The topological polar surface area (TPSA) is 63.7 Å². The fraction of sp³-hybridized carbons (Fsp3) is 0.417. The first-order valence-corrected chi connectivity index (χ1v) is 9.09. The van der Waals surface area contributed by atoms with E-state index in [-0.39, 0.29) is 39.2 Å². The Bertz CT molecular complexity index is 673. The van der Waals surface area contributed by atoms with Crippen LogP contribution in [0.2, 0.25) is 10.0 Å². The van der Waals surface area contributed by atoms with Gasteiger partial charge in [0, 0.05) is 23.8 Å². The van der Waals surface area contributed by atoms with Gasteiger partial charge in [0.2, 0.25) is 0 Å². The number of hydrogen-bond acceptors (Lipinski definition) is 4. The molecule has 2 rings (SSSR count). The molecule has 1 fully saturated rings. The second-order valence-corrected chi connectivity index (χ2v) is 7.94. The zero-order valence-corrected chi connectivity index (χ0v) is 14.1. The Morgan fingerprint density at radius 1 is 1.33 bits per heavy atom. The summed E-state index contributed by atoms with van der Waals surface area (Å²) in [6.07, 6.45) is 1.99. The van der Waals surface area contributed by atoms with Crippen molar-refractivity contribution in [2.24, 2.45) is 0 Å². The molecule has 1 amide bonds. The number of carbonyl (C=O) groups is 1. The highest BCUT2D eigenvalue weighted by molar-refractivity contribution is 8.13. The van der Waals surface area contributed by atoms with Crippen molar-refractivity contribution in [3.05, 3.63) is 22.2 Å². The number of benzene rings is 1. The molecule has 1 aromatic carbocycles. The molecule has 1 saturated carbocycles.